The molecule has 1 heterocycles. The summed E-state index contributed by atoms with van der Waals surface area (Å²) >= 11 is 0. The fourth-order valence-corrected chi connectivity index (χ4v) is 6.05. The maximum atomic E-state index is 12.6. The Balaban J connectivity index is 2.15. The van der Waals surface area contributed by atoms with E-state index >= 15 is 0 Å². The van der Waals surface area contributed by atoms with E-state index in [9.17, 15) is 4.79 Å². The number of ether oxygens (including phenoxy) is 2. The summed E-state index contributed by atoms with van der Waals surface area (Å²) in [6.07, 6.45) is 8.40. The Morgan fingerprint density at radius 1 is 1.18 bits per heavy atom. The largest absolute Gasteiger partial charge is 0.543 e. The van der Waals surface area contributed by atoms with E-state index in [0.717, 1.165) is 48.3 Å². The van der Waals surface area contributed by atoms with Gasteiger partial charge in [0, 0.05) is 23.0 Å². The first kappa shape index (κ1) is 26.8. The summed E-state index contributed by atoms with van der Waals surface area (Å²) in [5.74, 6) is 2.06. The molecule has 1 aromatic carbocycles. The number of esters is 1. The number of carbonyl (C=O) groups is 1. The van der Waals surface area contributed by atoms with Gasteiger partial charge >= 0.3 is 5.97 Å². The minimum atomic E-state index is -2.08. The zero-order valence-electron chi connectivity index (χ0n) is 23.0. The van der Waals surface area contributed by atoms with Crippen molar-refractivity contribution in [2.24, 2.45) is 5.92 Å². The van der Waals surface area contributed by atoms with Crippen molar-refractivity contribution in [3.63, 3.8) is 0 Å². The molecule has 0 saturated carbocycles. The molecule has 0 fully saturated rings. The fraction of sp³-hybridized carbons (Fsp3) is 0.690. The molecule has 0 N–H and O–H groups in total. The second kappa shape index (κ2) is 10.1. The average Bonchev–Trinajstić information content (AvgIpc) is 2.72. The zero-order chi connectivity index (χ0) is 25.3. The Kier molecular flexibility index (Phi) is 7.96. The Bertz CT molecular complexity index is 923. The molecule has 5 heteroatoms. The van der Waals surface area contributed by atoms with Crippen LogP contribution in [0.3, 0.4) is 0 Å². The number of fused-ring (bicyclic) bond motifs is 3. The molecule has 4 nitrogen and oxygen atoms in total. The van der Waals surface area contributed by atoms with Crippen molar-refractivity contribution < 1.29 is 18.7 Å². The number of benzene rings is 1. The van der Waals surface area contributed by atoms with Gasteiger partial charge in [0.1, 0.15) is 17.1 Å². The maximum absolute atomic E-state index is 12.6. The summed E-state index contributed by atoms with van der Waals surface area (Å²) in [4.78, 5) is 12.6. The molecular formula is C29H46O4Si. The second-order valence-electron chi connectivity index (χ2n) is 12.1. The number of hydrogen-bond donors (Lipinski definition) is 0. The Morgan fingerprint density at radius 2 is 1.88 bits per heavy atom. The lowest BCUT2D eigenvalue weighted by Crippen LogP contribution is -2.47. The van der Waals surface area contributed by atoms with Crippen LogP contribution in [-0.2, 0) is 16.0 Å². The summed E-state index contributed by atoms with van der Waals surface area (Å²) in [5, 5.41) is 0.0881. The molecule has 3 rings (SSSR count). The highest BCUT2D eigenvalue weighted by Gasteiger charge is 2.47. The molecule has 0 unspecified atom stereocenters. The Hall–Kier alpha value is -1.75. The van der Waals surface area contributed by atoms with Gasteiger partial charge in [0.2, 0.25) is 8.32 Å². The van der Waals surface area contributed by atoms with Gasteiger partial charge in [-0.3, -0.25) is 0 Å². The van der Waals surface area contributed by atoms with Gasteiger partial charge in [0.25, 0.3) is 0 Å². The van der Waals surface area contributed by atoms with Crippen LogP contribution in [0.1, 0.15) is 97.6 Å². The number of unbranched alkanes of at least 4 members (excludes halogenated alkanes) is 2. The van der Waals surface area contributed by atoms with Gasteiger partial charge in [-0.1, -0.05) is 46.6 Å². The lowest BCUT2D eigenvalue weighted by Gasteiger charge is -2.47. The minimum Gasteiger partial charge on any atom is -0.543 e. The van der Waals surface area contributed by atoms with Crippen LogP contribution < -0.4 is 9.16 Å². The zero-order valence-corrected chi connectivity index (χ0v) is 24.0. The maximum Gasteiger partial charge on any atom is 0.333 e. The molecule has 0 amide bonds. The molecular weight excluding hydrogens is 440 g/mol. The summed E-state index contributed by atoms with van der Waals surface area (Å²) in [7, 11) is -2.08. The number of aryl methyl sites for hydroxylation is 1. The molecule has 1 aliphatic carbocycles. The van der Waals surface area contributed by atoms with E-state index < -0.39 is 8.32 Å². The molecule has 1 aliphatic heterocycles. The van der Waals surface area contributed by atoms with E-state index in [2.05, 4.69) is 72.8 Å². The highest BCUT2D eigenvalue weighted by Crippen LogP contribution is 2.54. The molecule has 1 aromatic rings. The lowest BCUT2D eigenvalue weighted by molar-refractivity contribution is -0.139. The number of rotatable bonds is 8. The second-order valence-corrected chi connectivity index (χ2v) is 16.8. The standard InChI is InChI=1S/C29H46O4Si/c1-10-12-13-14-20-17-24-26(25(18-20)33-34(8,9)28(3,4)5)22-19-21(27(30)31-11-2)15-16-23(22)29(6,7)32-24/h17-19,22-23H,10-16H2,1-9H3/t22-,23-/m1/s1. The van der Waals surface area contributed by atoms with Crippen molar-refractivity contribution in [1.82, 2.24) is 0 Å². The summed E-state index contributed by atoms with van der Waals surface area (Å²) < 4.78 is 19.1. The van der Waals surface area contributed by atoms with Crippen LogP contribution in [0.25, 0.3) is 0 Å². The fourth-order valence-electron chi connectivity index (χ4n) is 5.03. The van der Waals surface area contributed by atoms with Crippen LogP contribution in [0.5, 0.6) is 11.5 Å². The van der Waals surface area contributed by atoms with E-state index in [4.69, 9.17) is 13.9 Å². The quantitative estimate of drug-likeness (QED) is 0.212. The van der Waals surface area contributed by atoms with Crippen molar-refractivity contribution in [3.05, 3.63) is 34.9 Å². The summed E-state index contributed by atoms with van der Waals surface area (Å²) in [5.41, 5.74) is 2.87. The Morgan fingerprint density at radius 3 is 2.50 bits per heavy atom. The molecule has 0 radical (unpaired) electrons. The molecule has 0 saturated heterocycles. The highest BCUT2D eigenvalue weighted by atomic mass is 28.4. The minimum absolute atomic E-state index is 0.0800. The lowest BCUT2D eigenvalue weighted by atomic mass is 9.67. The van der Waals surface area contributed by atoms with E-state index in [1.165, 1.54) is 18.4 Å². The molecule has 2 atom stereocenters. The third kappa shape index (κ3) is 5.55. The van der Waals surface area contributed by atoms with Gasteiger partial charge in [-0.2, -0.15) is 0 Å². The topological polar surface area (TPSA) is 44.8 Å². The van der Waals surface area contributed by atoms with E-state index in [1.54, 1.807) is 0 Å². The van der Waals surface area contributed by atoms with Gasteiger partial charge in [-0.25, -0.2) is 4.79 Å². The van der Waals surface area contributed by atoms with E-state index in [0.29, 0.717) is 6.61 Å². The van der Waals surface area contributed by atoms with Crippen molar-refractivity contribution in [3.8, 4) is 11.5 Å². The first-order valence-corrected chi connectivity index (χ1v) is 16.1. The van der Waals surface area contributed by atoms with E-state index in [-0.39, 0.29) is 28.4 Å². The van der Waals surface area contributed by atoms with Crippen molar-refractivity contribution in [2.45, 2.75) is 117 Å². The molecule has 190 valence electrons. The van der Waals surface area contributed by atoms with Gasteiger partial charge in [0.15, 0.2) is 0 Å². The first-order chi connectivity index (χ1) is 15.8. The van der Waals surface area contributed by atoms with Crippen LogP contribution in [0.15, 0.2) is 23.8 Å². The predicted octanol–water partition coefficient (Wildman–Crippen LogP) is 7.96. The smallest absolute Gasteiger partial charge is 0.333 e. The molecule has 34 heavy (non-hydrogen) atoms. The summed E-state index contributed by atoms with van der Waals surface area (Å²) in [6, 6.07) is 4.49. The van der Waals surface area contributed by atoms with E-state index in [1.807, 2.05) is 6.92 Å². The number of allylic oxidation sites excluding steroid dienone is 1. The van der Waals surface area contributed by atoms with Gasteiger partial charge < -0.3 is 13.9 Å². The van der Waals surface area contributed by atoms with Gasteiger partial charge in [-0.05, 0) is 82.3 Å². The Labute approximate surface area is 208 Å². The van der Waals surface area contributed by atoms with Crippen LogP contribution in [0.4, 0.5) is 0 Å². The van der Waals surface area contributed by atoms with Crippen LogP contribution >= 0.6 is 0 Å². The molecule has 0 spiro atoms. The van der Waals surface area contributed by atoms with Crippen molar-refractivity contribution in [1.29, 1.82) is 0 Å². The molecule has 0 bridgehead atoms. The van der Waals surface area contributed by atoms with Crippen LogP contribution in [0.2, 0.25) is 18.1 Å². The van der Waals surface area contributed by atoms with Crippen molar-refractivity contribution in [2.75, 3.05) is 6.61 Å². The number of hydrogen-bond acceptors (Lipinski definition) is 4. The van der Waals surface area contributed by atoms with Gasteiger partial charge in [-0.15, -0.1) is 0 Å². The first-order valence-electron chi connectivity index (χ1n) is 13.2. The van der Waals surface area contributed by atoms with Crippen LogP contribution in [0, 0.1) is 5.92 Å². The normalized spacial score (nSPS) is 21.6. The third-order valence-corrected chi connectivity index (χ3v) is 12.4. The highest BCUT2D eigenvalue weighted by molar-refractivity contribution is 6.74. The number of carbonyl (C=O) groups excluding carboxylic acids is 1. The third-order valence-electron chi connectivity index (χ3n) is 8.08. The monoisotopic (exact) mass is 486 g/mol. The SMILES string of the molecule is CCCCCc1cc2c(c(O[Si](C)(C)C(C)(C)C)c1)[C@@H]1C=C(C(=O)OCC)CC[C@H]1C(C)(C)O2. The average molecular weight is 487 g/mol. The molecule has 2 aliphatic rings. The van der Waals surface area contributed by atoms with Gasteiger partial charge in [0.05, 0.1) is 6.61 Å². The predicted molar refractivity (Wildman–Crippen MR) is 142 cm³/mol. The van der Waals surface area contributed by atoms with Crippen LogP contribution in [-0.4, -0.2) is 26.5 Å². The molecule has 0 aromatic heterocycles. The van der Waals surface area contributed by atoms with Crippen molar-refractivity contribution >= 4 is 14.3 Å². The summed E-state index contributed by atoms with van der Waals surface area (Å²) in [6.45, 7) is 20.3.